The van der Waals surface area contributed by atoms with Crippen molar-refractivity contribution in [3.05, 3.63) is 58.6 Å². The number of halogens is 6. The Morgan fingerprint density at radius 3 is 2.40 bits per heavy atom. The highest BCUT2D eigenvalue weighted by Crippen LogP contribution is 2.47. The van der Waals surface area contributed by atoms with Gasteiger partial charge in [0.25, 0.3) is 10.0 Å². The molecule has 0 aliphatic carbocycles. The van der Waals surface area contributed by atoms with Crippen molar-refractivity contribution < 1.29 is 39.9 Å². The summed E-state index contributed by atoms with van der Waals surface area (Å²) in [6.07, 6.45) is -10.1. The Labute approximate surface area is 229 Å². The van der Waals surface area contributed by atoms with Gasteiger partial charge in [-0.3, -0.25) is 0 Å². The molecular formula is C23H24F6N6O3S2. The smallest absolute Gasteiger partial charge is 0.370 e. The number of aliphatic hydroxyl groups is 1. The SMILES string of the molecule is C=C(N=C(C)NN)C(O)(c1ccc(S(=O)(=O)N2CCN(c3ccc(C#N)cc3C(F)(F)F)C[C@H]2C)s1)C(F)(F)F. The fourth-order valence-corrected chi connectivity index (χ4v) is 7.34. The summed E-state index contributed by atoms with van der Waals surface area (Å²) >= 11 is 0.165. The molecule has 1 aromatic heterocycles. The number of nitrogens with zero attached hydrogens (tertiary/aromatic N) is 4. The Bertz CT molecular complexity index is 1460. The van der Waals surface area contributed by atoms with Crippen LogP contribution in [0.2, 0.25) is 0 Å². The number of thiophene rings is 1. The summed E-state index contributed by atoms with van der Waals surface area (Å²) < 4.78 is 110. The Hall–Kier alpha value is -3.17. The van der Waals surface area contributed by atoms with Crippen molar-refractivity contribution in [1.29, 1.82) is 5.26 Å². The fourth-order valence-electron chi connectivity index (χ4n) is 4.16. The van der Waals surface area contributed by atoms with Gasteiger partial charge in [-0.05, 0) is 44.2 Å². The van der Waals surface area contributed by atoms with Crippen molar-refractivity contribution in [2.24, 2.45) is 10.8 Å². The molecule has 2 heterocycles. The summed E-state index contributed by atoms with van der Waals surface area (Å²) in [5, 5.41) is 19.6. The number of amidine groups is 1. The number of nitriles is 1. The molecule has 1 aliphatic rings. The molecule has 1 fully saturated rings. The van der Waals surface area contributed by atoms with Crippen molar-refractivity contribution in [2.75, 3.05) is 24.5 Å². The molecule has 17 heteroatoms. The summed E-state index contributed by atoms with van der Waals surface area (Å²) in [6.45, 7) is 5.24. The van der Waals surface area contributed by atoms with Gasteiger partial charge in [0.15, 0.2) is 0 Å². The predicted octanol–water partition coefficient (Wildman–Crippen LogP) is 3.68. The number of hydrogen-bond donors (Lipinski definition) is 3. The number of nitrogens with one attached hydrogen (secondary N) is 1. The molecule has 1 aliphatic heterocycles. The lowest BCUT2D eigenvalue weighted by Crippen LogP contribution is -2.54. The summed E-state index contributed by atoms with van der Waals surface area (Å²) in [4.78, 5) is 4.04. The Morgan fingerprint density at radius 2 is 1.88 bits per heavy atom. The molecule has 9 nitrogen and oxygen atoms in total. The topological polar surface area (TPSA) is 135 Å². The van der Waals surface area contributed by atoms with E-state index in [1.54, 1.807) is 6.07 Å². The van der Waals surface area contributed by atoms with Crippen LogP contribution in [-0.4, -0.2) is 55.5 Å². The van der Waals surface area contributed by atoms with Crippen LogP contribution in [0.25, 0.3) is 0 Å². The van der Waals surface area contributed by atoms with Gasteiger partial charge in [0.1, 0.15) is 10.0 Å². The molecule has 0 radical (unpaired) electrons. The lowest BCUT2D eigenvalue weighted by atomic mass is 9.98. The van der Waals surface area contributed by atoms with E-state index in [0.717, 1.165) is 22.5 Å². The fraction of sp³-hybridized carbons (Fsp3) is 0.391. The molecule has 1 unspecified atom stereocenters. The molecule has 4 N–H and O–H groups in total. The van der Waals surface area contributed by atoms with Crippen molar-refractivity contribution in [3.63, 3.8) is 0 Å². The Balaban J connectivity index is 1.92. The molecule has 2 atom stereocenters. The largest absolute Gasteiger partial charge is 0.428 e. The quantitative estimate of drug-likeness (QED) is 0.149. The van der Waals surface area contributed by atoms with E-state index in [9.17, 15) is 39.9 Å². The summed E-state index contributed by atoms with van der Waals surface area (Å²) in [5.74, 6) is 4.92. The number of piperazine rings is 1. The van der Waals surface area contributed by atoms with Crippen LogP contribution >= 0.6 is 11.3 Å². The van der Waals surface area contributed by atoms with Gasteiger partial charge in [-0.1, -0.05) is 6.58 Å². The van der Waals surface area contributed by atoms with E-state index in [0.29, 0.717) is 6.07 Å². The standard InChI is InChI=1S/C23H24F6N6O3S2/c1-13-12-34(18-5-4-16(11-30)10-17(18)22(24,25)26)8-9-35(13)40(37,38)20-7-6-19(39-20)21(36,23(27,28)29)14(2)32-15(3)33-31/h4-7,10,13,36H,2,8-9,12,31H2,1,3H3,(H,32,33)/t13-,21?/m1/s1. The zero-order valence-corrected chi connectivity index (χ0v) is 22.6. The van der Waals surface area contributed by atoms with E-state index in [1.807, 2.05) is 5.43 Å². The number of nitrogens with two attached hydrogens (primary N) is 1. The maximum Gasteiger partial charge on any atom is 0.428 e. The number of benzene rings is 1. The van der Waals surface area contributed by atoms with E-state index in [1.165, 1.54) is 24.8 Å². The first-order valence-corrected chi connectivity index (χ1v) is 13.6. The van der Waals surface area contributed by atoms with E-state index >= 15 is 0 Å². The normalized spacial score (nSPS) is 19.2. The monoisotopic (exact) mass is 610 g/mol. The van der Waals surface area contributed by atoms with Gasteiger partial charge in [0.05, 0.1) is 27.8 Å². The van der Waals surface area contributed by atoms with Crippen LogP contribution < -0.4 is 16.2 Å². The summed E-state index contributed by atoms with van der Waals surface area (Å²) in [7, 11) is -4.42. The average molecular weight is 611 g/mol. The Morgan fingerprint density at radius 1 is 1.23 bits per heavy atom. The minimum Gasteiger partial charge on any atom is -0.370 e. The molecule has 1 aromatic carbocycles. The van der Waals surface area contributed by atoms with Gasteiger partial charge >= 0.3 is 12.4 Å². The number of rotatable bonds is 6. The second kappa shape index (κ2) is 11.0. The lowest BCUT2D eigenvalue weighted by molar-refractivity contribution is -0.248. The van der Waals surface area contributed by atoms with Crippen LogP contribution in [0.3, 0.4) is 0 Å². The maximum absolute atomic E-state index is 14.0. The molecular weight excluding hydrogens is 586 g/mol. The van der Waals surface area contributed by atoms with Gasteiger partial charge < -0.3 is 15.4 Å². The zero-order valence-electron chi connectivity index (χ0n) is 21.0. The van der Waals surface area contributed by atoms with Crippen molar-refractivity contribution >= 4 is 32.9 Å². The number of alkyl halides is 6. The molecule has 218 valence electrons. The number of hydrogen-bond acceptors (Lipinski definition) is 8. The summed E-state index contributed by atoms with van der Waals surface area (Å²) in [6, 6.07) is 5.52. The zero-order chi connectivity index (χ0) is 30.3. The van der Waals surface area contributed by atoms with E-state index in [2.05, 4.69) is 11.6 Å². The third-order valence-corrected chi connectivity index (χ3v) is 9.85. The van der Waals surface area contributed by atoms with Gasteiger partial charge in [0.2, 0.25) is 5.60 Å². The summed E-state index contributed by atoms with van der Waals surface area (Å²) in [5.41, 5.74) is -4.24. The Kier molecular flexibility index (Phi) is 8.63. The highest BCUT2D eigenvalue weighted by molar-refractivity contribution is 7.91. The number of aliphatic imine (C=N–C) groups is 1. The molecule has 3 rings (SSSR count). The first-order chi connectivity index (χ1) is 18.4. The molecule has 40 heavy (non-hydrogen) atoms. The van der Waals surface area contributed by atoms with Crippen LogP contribution in [-0.2, 0) is 21.8 Å². The van der Waals surface area contributed by atoms with Crippen LogP contribution in [0.15, 0.2) is 51.8 Å². The third-order valence-electron chi connectivity index (χ3n) is 6.18. The van der Waals surface area contributed by atoms with Crippen molar-refractivity contribution in [3.8, 4) is 6.07 Å². The van der Waals surface area contributed by atoms with Crippen LogP contribution in [0.4, 0.5) is 32.0 Å². The molecule has 0 saturated carbocycles. The molecule has 0 bridgehead atoms. The molecule has 1 saturated heterocycles. The highest BCUT2D eigenvalue weighted by Gasteiger charge is 2.58. The van der Waals surface area contributed by atoms with E-state index < -0.39 is 54.4 Å². The van der Waals surface area contributed by atoms with E-state index in [4.69, 9.17) is 11.1 Å². The van der Waals surface area contributed by atoms with Crippen LogP contribution in [0.1, 0.15) is 29.9 Å². The first-order valence-electron chi connectivity index (χ1n) is 11.4. The lowest BCUT2D eigenvalue weighted by Gasteiger charge is -2.40. The molecule has 0 amide bonds. The van der Waals surface area contributed by atoms with Crippen molar-refractivity contribution in [1.82, 2.24) is 9.73 Å². The highest BCUT2D eigenvalue weighted by atomic mass is 32.2. The number of sulfonamides is 1. The second-order valence-corrected chi connectivity index (χ2v) is 12.1. The molecule has 2 aromatic rings. The maximum atomic E-state index is 14.0. The van der Waals surface area contributed by atoms with Gasteiger partial charge in [-0.2, -0.15) is 35.9 Å². The second-order valence-electron chi connectivity index (χ2n) is 8.87. The van der Waals surface area contributed by atoms with Gasteiger partial charge in [0, 0.05) is 31.4 Å². The number of hydrazine groups is 1. The molecule has 0 spiro atoms. The van der Waals surface area contributed by atoms with Gasteiger partial charge in [-0.25, -0.2) is 19.3 Å². The first kappa shape index (κ1) is 31.4. The van der Waals surface area contributed by atoms with Crippen LogP contribution in [0, 0.1) is 11.3 Å². The van der Waals surface area contributed by atoms with Gasteiger partial charge in [-0.15, -0.1) is 11.3 Å². The van der Waals surface area contributed by atoms with E-state index in [-0.39, 0.29) is 48.1 Å². The predicted molar refractivity (Wildman–Crippen MR) is 136 cm³/mol. The third kappa shape index (κ3) is 5.81. The minimum absolute atomic E-state index is 0.165. The van der Waals surface area contributed by atoms with Crippen molar-refractivity contribution in [2.45, 2.75) is 42.1 Å². The minimum atomic E-state index is -5.33. The average Bonchev–Trinajstić information content (AvgIpc) is 3.38. The number of anilines is 1. The van der Waals surface area contributed by atoms with Crippen LogP contribution in [0.5, 0.6) is 0 Å².